The van der Waals surface area contributed by atoms with Crippen molar-refractivity contribution in [1.29, 1.82) is 5.26 Å². The fourth-order valence-corrected chi connectivity index (χ4v) is 3.35. The van der Waals surface area contributed by atoms with Crippen molar-refractivity contribution in [3.8, 4) is 11.8 Å². The van der Waals surface area contributed by atoms with Crippen LogP contribution in [0, 0.1) is 17.1 Å². The highest BCUT2D eigenvalue weighted by molar-refractivity contribution is 6.40. The van der Waals surface area contributed by atoms with E-state index in [2.05, 4.69) is 10.4 Å². The number of carbonyl (C=O) groups excluding carboxylic acids is 1. The Bertz CT molecular complexity index is 1270. The third-order valence-corrected chi connectivity index (χ3v) is 4.36. The van der Waals surface area contributed by atoms with Crippen LogP contribution in [0.5, 0.6) is 0 Å². The van der Waals surface area contributed by atoms with Gasteiger partial charge >= 0.3 is 5.69 Å². The lowest BCUT2D eigenvalue weighted by molar-refractivity contribution is -0.116. The van der Waals surface area contributed by atoms with Crippen LogP contribution < -0.4 is 16.6 Å². The van der Waals surface area contributed by atoms with E-state index in [1.54, 1.807) is 4.98 Å². The first-order chi connectivity index (χ1) is 13.7. The van der Waals surface area contributed by atoms with Crippen molar-refractivity contribution in [2.24, 2.45) is 0 Å². The Morgan fingerprint density at radius 1 is 1.24 bits per heavy atom. The molecule has 9 nitrogen and oxygen atoms in total. The number of rotatable bonds is 4. The molecule has 0 fully saturated rings. The summed E-state index contributed by atoms with van der Waals surface area (Å²) in [5, 5.41) is 16.0. The molecule has 2 N–H and O–H groups in total. The number of halogens is 4. The second-order valence-electron chi connectivity index (χ2n) is 5.57. The second-order valence-corrected chi connectivity index (χ2v) is 6.82. The van der Waals surface area contributed by atoms with Gasteiger partial charge in [0.25, 0.3) is 5.56 Å². The van der Waals surface area contributed by atoms with Gasteiger partial charge in [-0.3, -0.25) is 19.1 Å². The minimum absolute atomic E-state index is 0.00983. The Morgan fingerprint density at radius 2 is 1.90 bits per heavy atom. The molecule has 3 aromatic rings. The number of carbonyl (C=O) groups is 1. The molecule has 0 aliphatic heterocycles. The van der Waals surface area contributed by atoms with E-state index >= 15 is 0 Å². The van der Waals surface area contributed by atoms with E-state index in [0.717, 1.165) is 4.68 Å². The van der Waals surface area contributed by atoms with Crippen LogP contribution in [0.2, 0.25) is 15.1 Å². The monoisotopic (exact) mass is 456 g/mol. The number of amides is 1. The average molecular weight is 458 g/mol. The zero-order valence-electron chi connectivity index (χ0n) is 14.0. The Labute approximate surface area is 175 Å². The largest absolute Gasteiger partial charge is 0.328 e. The van der Waals surface area contributed by atoms with Crippen molar-refractivity contribution in [1.82, 2.24) is 19.3 Å². The number of hydrogen-bond donors (Lipinski definition) is 2. The number of hydrogen-bond acceptors (Lipinski definition) is 5. The third kappa shape index (κ3) is 4.32. The van der Waals surface area contributed by atoms with Crippen molar-refractivity contribution in [3.05, 3.63) is 71.8 Å². The molecule has 1 amide bonds. The molecule has 0 unspecified atom stereocenters. The molecule has 0 saturated carbocycles. The number of H-pyrrole nitrogens is 1. The van der Waals surface area contributed by atoms with Crippen LogP contribution in [0.1, 0.15) is 5.69 Å². The summed E-state index contributed by atoms with van der Waals surface area (Å²) in [6.45, 7) is -0.623. The topological polar surface area (TPSA) is 126 Å². The van der Waals surface area contributed by atoms with Crippen LogP contribution in [0.4, 0.5) is 10.2 Å². The number of benzene rings is 1. The van der Waals surface area contributed by atoms with Gasteiger partial charge in [-0.15, -0.1) is 0 Å². The summed E-state index contributed by atoms with van der Waals surface area (Å²) in [4.78, 5) is 36.8. The van der Waals surface area contributed by atoms with E-state index in [1.165, 1.54) is 18.2 Å². The van der Waals surface area contributed by atoms with Gasteiger partial charge in [-0.25, -0.2) is 9.48 Å². The number of aromatic amines is 1. The van der Waals surface area contributed by atoms with Crippen LogP contribution >= 0.6 is 34.8 Å². The summed E-state index contributed by atoms with van der Waals surface area (Å²) in [6.07, 6.45) is 0.603. The molecule has 148 valence electrons. The summed E-state index contributed by atoms with van der Waals surface area (Å²) in [7, 11) is 0. The minimum atomic E-state index is -1.23. The van der Waals surface area contributed by atoms with Crippen LogP contribution in [-0.4, -0.2) is 25.2 Å². The minimum Gasteiger partial charge on any atom is -0.309 e. The lowest BCUT2D eigenvalue weighted by Crippen LogP contribution is -2.34. The Hall–Kier alpha value is -3.13. The quantitative estimate of drug-likeness (QED) is 0.622. The Kier molecular flexibility index (Phi) is 5.74. The van der Waals surface area contributed by atoms with Gasteiger partial charge in [0.2, 0.25) is 11.7 Å². The maximum absolute atomic E-state index is 13.4. The van der Waals surface area contributed by atoms with Gasteiger partial charge in [0.15, 0.2) is 5.69 Å². The third-order valence-electron chi connectivity index (χ3n) is 3.57. The molecule has 29 heavy (non-hydrogen) atoms. The number of nitriles is 1. The van der Waals surface area contributed by atoms with Crippen LogP contribution in [0.3, 0.4) is 0 Å². The summed E-state index contributed by atoms with van der Waals surface area (Å²) in [5.41, 5.74) is -2.08. The molecular weight excluding hydrogens is 450 g/mol. The predicted octanol–water partition coefficient (Wildman–Crippen LogP) is 2.33. The summed E-state index contributed by atoms with van der Waals surface area (Å²) in [5.74, 6) is -1.99. The molecule has 0 aliphatic carbocycles. The predicted molar refractivity (Wildman–Crippen MR) is 103 cm³/mol. The van der Waals surface area contributed by atoms with Crippen LogP contribution in [0.25, 0.3) is 5.69 Å². The molecule has 0 aliphatic rings. The van der Waals surface area contributed by atoms with E-state index in [0.29, 0.717) is 10.8 Å². The molecule has 13 heteroatoms. The first kappa shape index (κ1) is 20.6. The van der Waals surface area contributed by atoms with Crippen molar-refractivity contribution in [3.63, 3.8) is 0 Å². The van der Waals surface area contributed by atoms with Gasteiger partial charge in [0, 0.05) is 11.1 Å². The zero-order valence-corrected chi connectivity index (χ0v) is 16.3. The van der Waals surface area contributed by atoms with E-state index in [1.807, 2.05) is 6.07 Å². The fourth-order valence-electron chi connectivity index (χ4n) is 2.37. The molecule has 3 rings (SSSR count). The first-order valence-corrected chi connectivity index (χ1v) is 8.77. The smallest absolute Gasteiger partial charge is 0.309 e. The molecule has 0 bridgehead atoms. The molecule has 0 spiro atoms. The lowest BCUT2D eigenvalue weighted by atomic mass is 10.3. The van der Waals surface area contributed by atoms with Gasteiger partial charge in [0.05, 0.1) is 16.2 Å². The van der Waals surface area contributed by atoms with Gasteiger partial charge in [-0.05, 0) is 12.1 Å². The maximum atomic E-state index is 13.4. The average Bonchev–Trinajstić information content (AvgIpc) is 3.01. The summed E-state index contributed by atoms with van der Waals surface area (Å²) in [6, 6.07) is 5.85. The highest BCUT2D eigenvalue weighted by atomic mass is 35.5. The van der Waals surface area contributed by atoms with E-state index < -0.39 is 29.5 Å². The molecule has 0 saturated heterocycles. The molecule has 0 atom stereocenters. The standard InChI is InChI=1S/C16H8Cl3FN6O3/c17-7-1-9(18)14(10(19)2-7)26-12(3-8(4-21)24-26)22-13(27)6-25-5-11(20)15(28)23-16(25)29/h1-3,5H,6H2,(H,22,27)(H,23,28,29). The zero-order chi connectivity index (χ0) is 21.3. The van der Waals surface area contributed by atoms with E-state index in [-0.39, 0.29) is 32.3 Å². The number of aromatic nitrogens is 4. The number of anilines is 1. The highest BCUT2D eigenvalue weighted by Gasteiger charge is 2.18. The molecule has 2 heterocycles. The normalized spacial score (nSPS) is 10.6. The Morgan fingerprint density at radius 3 is 2.52 bits per heavy atom. The molecular formula is C16H8Cl3FN6O3. The number of nitrogens with one attached hydrogen (secondary N) is 2. The van der Waals surface area contributed by atoms with Crippen molar-refractivity contribution in [2.45, 2.75) is 6.54 Å². The second kappa shape index (κ2) is 8.08. The van der Waals surface area contributed by atoms with Gasteiger partial charge in [-0.1, -0.05) is 34.8 Å². The van der Waals surface area contributed by atoms with Gasteiger partial charge in [-0.2, -0.15) is 14.8 Å². The van der Waals surface area contributed by atoms with Crippen molar-refractivity contribution < 1.29 is 9.18 Å². The maximum Gasteiger partial charge on any atom is 0.328 e. The van der Waals surface area contributed by atoms with E-state index in [4.69, 9.17) is 40.1 Å². The summed E-state index contributed by atoms with van der Waals surface area (Å²) < 4.78 is 15.2. The molecule has 1 aromatic carbocycles. The SMILES string of the molecule is N#Cc1cc(NC(=O)Cn2cc(F)c(=O)[nH]c2=O)n(-c2c(Cl)cc(Cl)cc2Cl)n1. The van der Waals surface area contributed by atoms with Crippen molar-refractivity contribution in [2.75, 3.05) is 5.32 Å². The van der Waals surface area contributed by atoms with Crippen LogP contribution in [-0.2, 0) is 11.3 Å². The van der Waals surface area contributed by atoms with Gasteiger partial charge in [0.1, 0.15) is 24.1 Å². The van der Waals surface area contributed by atoms with Crippen LogP contribution in [0.15, 0.2) is 34.0 Å². The number of nitrogens with zero attached hydrogens (tertiary/aromatic N) is 4. The van der Waals surface area contributed by atoms with E-state index in [9.17, 15) is 18.8 Å². The fraction of sp³-hybridized carbons (Fsp3) is 0.0625. The first-order valence-electron chi connectivity index (χ1n) is 7.64. The highest BCUT2D eigenvalue weighted by Crippen LogP contribution is 2.33. The Balaban J connectivity index is 1.97. The summed E-state index contributed by atoms with van der Waals surface area (Å²) >= 11 is 18.2. The van der Waals surface area contributed by atoms with Gasteiger partial charge < -0.3 is 5.32 Å². The molecule has 2 aromatic heterocycles. The molecule has 0 radical (unpaired) electrons. The van der Waals surface area contributed by atoms with Crippen molar-refractivity contribution >= 4 is 46.5 Å². The lowest BCUT2D eigenvalue weighted by Gasteiger charge is -2.12.